The van der Waals surface area contributed by atoms with E-state index in [1.165, 1.54) is 21.8 Å². The van der Waals surface area contributed by atoms with Gasteiger partial charge in [0, 0.05) is 54.7 Å². The molecule has 0 amide bonds. The summed E-state index contributed by atoms with van der Waals surface area (Å²) >= 11 is 0. The number of aromatic nitrogens is 4. The van der Waals surface area contributed by atoms with Gasteiger partial charge in [0.05, 0.1) is 16.6 Å². The van der Waals surface area contributed by atoms with Crippen LogP contribution < -0.4 is 0 Å². The molecule has 322 valence electrons. The van der Waals surface area contributed by atoms with Crippen molar-refractivity contribution < 1.29 is 8.83 Å². The van der Waals surface area contributed by atoms with Crippen molar-refractivity contribution in [2.24, 2.45) is 0 Å². The van der Waals surface area contributed by atoms with Gasteiger partial charge in [-0.15, -0.1) is 0 Å². The largest absolute Gasteiger partial charge is 0.456 e. The number of benzene rings is 10. The zero-order valence-corrected chi connectivity index (χ0v) is 37.0. The zero-order valence-electron chi connectivity index (χ0n) is 37.0. The van der Waals surface area contributed by atoms with E-state index in [2.05, 4.69) is 174 Å². The van der Waals surface area contributed by atoms with E-state index >= 15 is 0 Å². The Kier molecular flexibility index (Phi) is 8.79. The highest BCUT2D eigenvalue weighted by Gasteiger charge is 2.20. The predicted molar refractivity (Wildman–Crippen MR) is 281 cm³/mol. The molecule has 4 heterocycles. The van der Waals surface area contributed by atoms with E-state index in [-0.39, 0.29) is 0 Å². The SMILES string of the molecule is c1ccc(-c2nc(-c3ccc(-c4ccc(-c5ccc6oc7cc(-c8cccc9c%10ccccc%10n(-c%10ccccc%10)c89)ccc7c6c5)cc4)cc3)nc(-c3cccc4c3oc3ccccc34)n2)cc1. The second-order valence-corrected chi connectivity index (χ2v) is 17.5. The Hall–Kier alpha value is -9.39. The smallest absolute Gasteiger partial charge is 0.167 e. The van der Waals surface area contributed by atoms with Crippen molar-refractivity contribution in [3.63, 3.8) is 0 Å². The van der Waals surface area contributed by atoms with Gasteiger partial charge in [-0.3, -0.25) is 0 Å². The van der Waals surface area contributed by atoms with Gasteiger partial charge in [0.1, 0.15) is 22.3 Å². The maximum absolute atomic E-state index is 6.57. The first-order chi connectivity index (χ1) is 34.2. The molecule has 0 spiro atoms. The lowest BCUT2D eigenvalue weighted by atomic mass is 9.98. The van der Waals surface area contributed by atoms with Crippen LogP contribution in [0.3, 0.4) is 0 Å². The van der Waals surface area contributed by atoms with Gasteiger partial charge in [-0.05, 0) is 82.4 Å². The molecule has 0 aliphatic rings. The summed E-state index contributed by atoms with van der Waals surface area (Å²) in [7, 11) is 0. The Labute approximate surface area is 396 Å². The van der Waals surface area contributed by atoms with Crippen LogP contribution in [0, 0.1) is 0 Å². The first-order valence-corrected chi connectivity index (χ1v) is 23.2. The van der Waals surface area contributed by atoms with E-state index in [1.54, 1.807) is 0 Å². The van der Waals surface area contributed by atoms with Crippen LogP contribution in [-0.2, 0) is 0 Å². The van der Waals surface area contributed by atoms with E-state index in [4.69, 9.17) is 23.8 Å². The van der Waals surface area contributed by atoms with E-state index < -0.39 is 0 Å². The Balaban J connectivity index is 0.775. The van der Waals surface area contributed by atoms with E-state index in [0.29, 0.717) is 17.5 Å². The number of hydrogen-bond acceptors (Lipinski definition) is 5. The van der Waals surface area contributed by atoms with Gasteiger partial charge in [-0.25, -0.2) is 15.0 Å². The summed E-state index contributed by atoms with van der Waals surface area (Å²) in [5.41, 5.74) is 16.2. The van der Waals surface area contributed by atoms with Crippen LogP contribution in [0.5, 0.6) is 0 Å². The number of para-hydroxylation sites is 5. The Morgan fingerprint density at radius 2 is 0.826 bits per heavy atom. The molecule has 6 heteroatoms. The molecule has 0 saturated carbocycles. The third-order valence-corrected chi connectivity index (χ3v) is 13.5. The standard InChI is InChI=1S/C63H38N4O2/c1-3-13-42(14-4-1)61-64-62(66-63(65-61)53-22-12-21-52-49-18-8-10-24-56(49)69-60(52)53)43-31-29-40(30-32-43)39-25-27-41(28-26-39)44-34-36-57-54(37-44)50-35-33-45(38-58(50)68-57)47-19-11-20-51-48-17-7-9-23-55(48)67(59(47)51)46-15-5-2-6-16-46/h1-38H. The second-order valence-electron chi connectivity index (χ2n) is 17.5. The molecule has 14 rings (SSSR count). The minimum Gasteiger partial charge on any atom is -0.456 e. The summed E-state index contributed by atoms with van der Waals surface area (Å²) in [6.45, 7) is 0. The average molecular weight is 883 g/mol. The van der Waals surface area contributed by atoms with Crippen LogP contribution in [0.1, 0.15) is 0 Å². The molecule has 4 aromatic heterocycles. The molecule has 0 radical (unpaired) electrons. The third-order valence-electron chi connectivity index (χ3n) is 13.5. The normalized spacial score (nSPS) is 11.8. The monoisotopic (exact) mass is 882 g/mol. The highest BCUT2D eigenvalue weighted by molar-refractivity contribution is 6.15. The van der Waals surface area contributed by atoms with Crippen molar-refractivity contribution in [2.75, 3.05) is 0 Å². The molecule has 0 aliphatic heterocycles. The number of fused-ring (bicyclic) bond motifs is 9. The number of nitrogens with zero attached hydrogens (tertiary/aromatic N) is 4. The van der Waals surface area contributed by atoms with E-state index in [1.807, 2.05) is 60.7 Å². The Morgan fingerprint density at radius 1 is 0.290 bits per heavy atom. The summed E-state index contributed by atoms with van der Waals surface area (Å²) in [4.78, 5) is 15.1. The molecular formula is C63H38N4O2. The highest BCUT2D eigenvalue weighted by Crippen LogP contribution is 2.41. The summed E-state index contributed by atoms with van der Waals surface area (Å²) in [5.74, 6) is 1.76. The lowest BCUT2D eigenvalue weighted by molar-refractivity contribution is 0.669. The Bertz CT molecular complexity index is 4280. The fraction of sp³-hybridized carbons (Fsp3) is 0. The molecular weight excluding hydrogens is 845 g/mol. The fourth-order valence-corrected chi connectivity index (χ4v) is 10.2. The molecule has 6 nitrogen and oxygen atoms in total. The van der Waals surface area contributed by atoms with Crippen LogP contribution in [0.2, 0.25) is 0 Å². The molecule has 69 heavy (non-hydrogen) atoms. The van der Waals surface area contributed by atoms with Crippen LogP contribution in [0.4, 0.5) is 0 Å². The molecule has 0 atom stereocenters. The summed E-state index contributed by atoms with van der Waals surface area (Å²) < 4.78 is 15.4. The lowest BCUT2D eigenvalue weighted by Crippen LogP contribution is -2.00. The minimum atomic E-state index is 0.562. The van der Waals surface area contributed by atoms with E-state index in [0.717, 1.165) is 99.6 Å². The Morgan fingerprint density at radius 3 is 1.59 bits per heavy atom. The predicted octanol–water partition coefficient (Wildman–Crippen LogP) is 16.8. The molecule has 14 aromatic rings. The van der Waals surface area contributed by atoms with Crippen LogP contribution in [-0.4, -0.2) is 19.5 Å². The number of hydrogen-bond donors (Lipinski definition) is 0. The zero-order chi connectivity index (χ0) is 45.4. The van der Waals surface area contributed by atoms with Gasteiger partial charge in [0.2, 0.25) is 0 Å². The maximum atomic E-state index is 6.57. The molecule has 0 aliphatic carbocycles. The van der Waals surface area contributed by atoms with Crippen molar-refractivity contribution in [2.45, 2.75) is 0 Å². The van der Waals surface area contributed by atoms with Gasteiger partial charge in [-0.2, -0.15) is 0 Å². The topological polar surface area (TPSA) is 69.9 Å². The molecule has 0 bridgehead atoms. The van der Waals surface area contributed by atoms with Crippen LogP contribution >= 0.6 is 0 Å². The van der Waals surface area contributed by atoms with Crippen LogP contribution in [0.15, 0.2) is 239 Å². The molecule has 0 N–H and O–H groups in total. The van der Waals surface area contributed by atoms with Crippen LogP contribution in [0.25, 0.3) is 139 Å². The van der Waals surface area contributed by atoms with Crippen molar-refractivity contribution >= 4 is 65.7 Å². The molecule has 0 unspecified atom stereocenters. The summed E-state index contributed by atoms with van der Waals surface area (Å²) in [6, 6.07) is 80.5. The quantitative estimate of drug-likeness (QED) is 0.159. The molecule has 10 aromatic carbocycles. The molecule has 0 saturated heterocycles. The van der Waals surface area contributed by atoms with Gasteiger partial charge >= 0.3 is 0 Å². The second kappa shape index (κ2) is 15.6. The molecule has 0 fully saturated rings. The fourth-order valence-electron chi connectivity index (χ4n) is 10.2. The maximum Gasteiger partial charge on any atom is 0.167 e. The van der Waals surface area contributed by atoms with Crippen molar-refractivity contribution in [3.05, 3.63) is 231 Å². The lowest BCUT2D eigenvalue weighted by Gasteiger charge is -2.11. The average Bonchev–Trinajstić information content (AvgIpc) is 4.11. The van der Waals surface area contributed by atoms with Gasteiger partial charge in [0.15, 0.2) is 17.5 Å². The van der Waals surface area contributed by atoms with Crippen molar-refractivity contribution in [1.29, 1.82) is 0 Å². The van der Waals surface area contributed by atoms with Gasteiger partial charge < -0.3 is 13.4 Å². The van der Waals surface area contributed by atoms with Gasteiger partial charge in [0.25, 0.3) is 0 Å². The number of rotatable bonds is 7. The van der Waals surface area contributed by atoms with Crippen molar-refractivity contribution in [3.8, 4) is 73.2 Å². The van der Waals surface area contributed by atoms with Crippen molar-refractivity contribution in [1.82, 2.24) is 19.5 Å². The highest BCUT2D eigenvalue weighted by atomic mass is 16.3. The number of furan rings is 2. The third kappa shape index (κ3) is 6.45. The first-order valence-electron chi connectivity index (χ1n) is 23.2. The minimum absolute atomic E-state index is 0.562. The van der Waals surface area contributed by atoms with Gasteiger partial charge in [-0.1, -0.05) is 176 Å². The summed E-state index contributed by atoms with van der Waals surface area (Å²) in [5, 5.41) is 6.74. The van der Waals surface area contributed by atoms with E-state index in [9.17, 15) is 0 Å². The first kappa shape index (κ1) is 38.8. The summed E-state index contributed by atoms with van der Waals surface area (Å²) in [6.07, 6.45) is 0.